The summed E-state index contributed by atoms with van der Waals surface area (Å²) < 4.78 is 7.05. The van der Waals surface area contributed by atoms with Crippen molar-refractivity contribution in [2.75, 3.05) is 32.8 Å². The Morgan fingerprint density at radius 1 is 0.971 bits per heavy atom. The molecule has 1 N–H and O–H groups in total. The number of fused-ring (bicyclic) bond motifs is 1. The number of rotatable bonds is 6. The minimum atomic E-state index is -0.153. The van der Waals surface area contributed by atoms with E-state index in [2.05, 4.69) is 15.2 Å². The lowest BCUT2D eigenvalue weighted by molar-refractivity contribution is 0.0332. The average molecular weight is 469 g/mol. The molecule has 0 radical (unpaired) electrons. The molecule has 0 aliphatic carbocycles. The van der Waals surface area contributed by atoms with E-state index in [9.17, 15) is 9.59 Å². The fourth-order valence-electron chi connectivity index (χ4n) is 4.51. The molecule has 0 bridgehead atoms. The van der Waals surface area contributed by atoms with Gasteiger partial charge in [0, 0.05) is 25.2 Å². The van der Waals surface area contributed by atoms with Gasteiger partial charge < -0.3 is 10.1 Å². The fraction of sp³-hybridized carbons (Fsp3) is 0.250. The van der Waals surface area contributed by atoms with E-state index in [0.29, 0.717) is 47.7 Å². The minimum Gasteiger partial charge on any atom is -0.379 e. The lowest BCUT2D eigenvalue weighted by Gasteiger charge is -2.31. The van der Waals surface area contributed by atoms with Crippen LogP contribution in [-0.2, 0) is 4.74 Å². The van der Waals surface area contributed by atoms with Crippen LogP contribution in [0.15, 0.2) is 83.7 Å². The molecule has 7 heteroatoms. The van der Waals surface area contributed by atoms with E-state index in [1.165, 1.54) is 0 Å². The number of carbonyl (C=O) groups excluding carboxylic acids is 1. The molecular weight excluding hydrogens is 440 g/mol. The van der Waals surface area contributed by atoms with Crippen LogP contribution in [0.3, 0.4) is 0 Å². The Hall–Kier alpha value is -3.81. The van der Waals surface area contributed by atoms with Gasteiger partial charge in [0.1, 0.15) is 5.82 Å². The molecule has 0 spiro atoms. The normalized spacial score (nSPS) is 15.1. The highest BCUT2D eigenvalue weighted by Gasteiger charge is 2.21. The monoisotopic (exact) mass is 468 g/mol. The van der Waals surface area contributed by atoms with Crippen LogP contribution in [0.5, 0.6) is 0 Å². The minimum absolute atomic E-state index is 0.125. The Kier molecular flexibility index (Phi) is 6.70. The van der Waals surface area contributed by atoms with Gasteiger partial charge in [-0.15, -0.1) is 0 Å². The number of hydrogen-bond acceptors (Lipinski definition) is 5. The average Bonchev–Trinajstić information content (AvgIpc) is 2.90. The van der Waals surface area contributed by atoms with Crippen LogP contribution in [0.25, 0.3) is 16.6 Å². The first-order chi connectivity index (χ1) is 17.1. The van der Waals surface area contributed by atoms with Crippen LogP contribution in [0.1, 0.15) is 27.8 Å². The number of amides is 1. The van der Waals surface area contributed by atoms with E-state index in [1.54, 1.807) is 34.9 Å². The van der Waals surface area contributed by atoms with E-state index in [4.69, 9.17) is 4.74 Å². The third-order valence-electron chi connectivity index (χ3n) is 6.38. The Balaban J connectivity index is 1.38. The number of nitrogens with zero attached hydrogens (tertiary/aromatic N) is 3. The Bertz CT molecular complexity index is 1380. The van der Waals surface area contributed by atoms with Gasteiger partial charge in [-0.2, -0.15) is 0 Å². The second-order valence-corrected chi connectivity index (χ2v) is 8.71. The molecular formula is C28H28N4O3. The number of morpholine rings is 1. The molecule has 1 unspecified atom stereocenters. The van der Waals surface area contributed by atoms with E-state index < -0.39 is 0 Å². The summed E-state index contributed by atoms with van der Waals surface area (Å²) in [4.78, 5) is 33.2. The molecule has 2 heterocycles. The van der Waals surface area contributed by atoms with Gasteiger partial charge in [0.25, 0.3) is 11.5 Å². The molecule has 1 aliphatic heterocycles. The molecule has 1 fully saturated rings. The van der Waals surface area contributed by atoms with Gasteiger partial charge >= 0.3 is 0 Å². The van der Waals surface area contributed by atoms with E-state index in [-0.39, 0.29) is 17.5 Å². The zero-order chi connectivity index (χ0) is 24.2. The number of para-hydroxylation sites is 1. The summed E-state index contributed by atoms with van der Waals surface area (Å²) in [6, 6.07) is 24.3. The van der Waals surface area contributed by atoms with Gasteiger partial charge in [-0.3, -0.25) is 19.1 Å². The first-order valence-corrected chi connectivity index (χ1v) is 11.8. The van der Waals surface area contributed by atoms with Crippen molar-refractivity contribution in [2.45, 2.75) is 13.0 Å². The molecule has 1 aliphatic rings. The smallest absolute Gasteiger partial charge is 0.265 e. The van der Waals surface area contributed by atoms with Gasteiger partial charge in [0.15, 0.2) is 0 Å². The molecule has 178 valence electrons. The Labute approximate surface area is 204 Å². The van der Waals surface area contributed by atoms with Crippen LogP contribution >= 0.6 is 0 Å². The van der Waals surface area contributed by atoms with Crippen molar-refractivity contribution in [1.29, 1.82) is 0 Å². The highest BCUT2D eigenvalue weighted by Crippen LogP contribution is 2.18. The molecule has 1 amide bonds. The maximum Gasteiger partial charge on any atom is 0.265 e. The number of aryl methyl sites for hydroxylation is 1. The van der Waals surface area contributed by atoms with Crippen LogP contribution in [0.2, 0.25) is 0 Å². The van der Waals surface area contributed by atoms with Crippen LogP contribution < -0.4 is 10.9 Å². The number of nitrogens with one attached hydrogen (secondary N) is 1. The number of benzene rings is 3. The summed E-state index contributed by atoms with van der Waals surface area (Å²) >= 11 is 0. The second-order valence-electron chi connectivity index (χ2n) is 8.71. The van der Waals surface area contributed by atoms with Crippen molar-refractivity contribution in [3.63, 3.8) is 0 Å². The first kappa shape index (κ1) is 23.0. The number of carbonyl (C=O) groups is 1. The maximum absolute atomic E-state index is 13.2. The van der Waals surface area contributed by atoms with Gasteiger partial charge in [-0.25, -0.2) is 4.98 Å². The van der Waals surface area contributed by atoms with Gasteiger partial charge in [0.05, 0.1) is 35.8 Å². The molecule has 0 saturated carbocycles. The fourth-order valence-corrected chi connectivity index (χ4v) is 4.51. The van der Waals surface area contributed by atoms with E-state index >= 15 is 0 Å². The number of hydrogen-bond donors (Lipinski definition) is 1. The van der Waals surface area contributed by atoms with Crippen LogP contribution in [0, 0.1) is 6.92 Å². The van der Waals surface area contributed by atoms with Crippen LogP contribution in [0.4, 0.5) is 0 Å². The lowest BCUT2D eigenvalue weighted by atomic mass is 10.1. The van der Waals surface area contributed by atoms with Crippen molar-refractivity contribution >= 4 is 16.8 Å². The van der Waals surface area contributed by atoms with Crippen molar-refractivity contribution in [2.24, 2.45) is 0 Å². The van der Waals surface area contributed by atoms with Crippen molar-refractivity contribution in [3.05, 3.63) is 106 Å². The summed E-state index contributed by atoms with van der Waals surface area (Å²) in [6.07, 6.45) is 0. The molecule has 7 nitrogen and oxygen atoms in total. The third-order valence-corrected chi connectivity index (χ3v) is 6.38. The van der Waals surface area contributed by atoms with Crippen molar-refractivity contribution in [3.8, 4) is 5.69 Å². The van der Waals surface area contributed by atoms with Crippen molar-refractivity contribution in [1.82, 2.24) is 19.8 Å². The quantitative estimate of drug-likeness (QED) is 0.469. The molecule has 1 aromatic heterocycles. The summed E-state index contributed by atoms with van der Waals surface area (Å²) in [6.45, 7) is 5.64. The SMILES string of the molecule is Cc1nc2ccccc2c(=O)n1-c1ccc(C(=O)NC(CN2CCOCC2)c2ccccc2)cc1. The highest BCUT2D eigenvalue weighted by molar-refractivity contribution is 5.94. The van der Waals surface area contributed by atoms with E-state index in [1.807, 2.05) is 55.5 Å². The molecule has 35 heavy (non-hydrogen) atoms. The third kappa shape index (κ3) is 5.01. The molecule has 4 aromatic rings. The number of ether oxygens (including phenoxy) is 1. The lowest BCUT2D eigenvalue weighted by Crippen LogP contribution is -2.43. The predicted molar refractivity (Wildman–Crippen MR) is 136 cm³/mol. The van der Waals surface area contributed by atoms with Gasteiger partial charge in [0.2, 0.25) is 0 Å². The Morgan fingerprint density at radius 3 is 2.40 bits per heavy atom. The standard InChI is InChI=1S/C28H28N4O3/c1-20-29-25-10-6-5-9-24(25)28(34)32(20)23-13-11-22(12-14-23)27(33)30-26(21-7-3-2-4-8-21)19-31-15-17-35-18-16-31/h2-14,26H,15-19H2,1H3,(H,30,33). The number of aromatic nitrogens is 2. The van der Waals surface area contributed by atoms with Crippen LogP contribution in [-0.4, -0.2) is 53.2 Å². The summed E-state index contributed by atoms with van der Waals surface area (Å²) in [5, 5.41) is 3.76. The molecule has 1 atom stereocenters. The highest BCUT2D eigenvalue weighted by atomic mass is 16.5. The van der Waals surface area contributed by atoms with Gasteiger partial charge in [-0.1, -0.05) is 42.5 Å². The summed E-state index contributed by atoms with van der Waals surface area (Å²) in [7, 11) is 0. The largest absolute Gasteiger partial charge is 0.379 e. The predicted octanol–water partition coefficient (Wildman–Crippen LogP) is 3.50. The first-order valence-electron chi connectivity index (χ1n) is 11.8. The molecule has 3 aromatic carbocycles. The second kappa shape index (κ2) is 10.2. The topological polar surface area (TPSA) is 76.5 Å². The zero-order valence-corrected chi connectivity index (χ0v) is 19.7. The summed E-state index contributed by atoms with van der Waals surface area (Å²) in [5.41, 5.74) is 2.83. The molecule has 5 rings (SSSR count). The summed E-state index contributed by atoms with van der Waals surface area (Å²) in [5.74, 6) is 0.444. The zero-order valence-electron chi connectivity index (χ0n) is 19.7. The maximum atomic E-state index is 13.2. The van der Waals surface area contributed by atoms with Crippen molar-refractivity contribution < 1.29 is 9.53 Å². The Morgan fingerprint density at radius 2 is 1.66 bits per heavy atom. The van der Waals surface area contributed by atoms with E-state index in [0.717, 1.165) is 18.7 Å². The molecule has 1 saturated heterocycles. The van der Waals surface area contributed by atoms with Gasteiger partial charge in [-0.05, 0) is 48.9 Å².